The average Bonchev–Trinajstić information content (AvgIpc) is 2.61. The first-order valence-electron chi connectivity index (χ1n) is 7.29. The number of hydrogen-bond acceptors (Lipinski definition) is 3. The predicted octanol–water partition coefficient (Wildman–Crippen LogP) is 3.45. The summed E-state index contributed by atoms with van der Waals surface area (Å²) in [4.78, 5) is 11.3. The topological polar surface area (TPSA) is 67.2 Å². The lowest BCUT2D eigenvalue weighted by Crippen LogP contribution is -2.24. The first-order valence-corrected chi connectivity index (χ1v) is 7.29. The molecule has 0 bridgehead atoms. The Morgan fingerprint density at radius 2 is 2.05 bits per heavy atom. The molecule has 0 aromatic carbocycles. The number of aromatic nitrogens is 2. The van der Waals surface area contributed by atoms with E-state index < -0.39 is 5.97 Å². The zero-order chi connectivity index (χ0) is 15.3. The van der Waals surface area contributed by atoms with Crippen LogP contribution in [0.3, 0.4) is 0 Å². The Morgan fingerprint density at radius 3 is 2.60 bits per heavy atom. The van der Waals surface area contributed by atoms with Gasteiger partial charge in [-0.2, -0.15) is 5.10 Å². The third-order valence-electron chi connectivity index (χ3n) is 3.63. The zero-order valence-electron chi connectivity index (χ0n) is 13.3. The number of carbonyl (C=O) groups is 1. The SMILES string of the molecule is CCCCCC(C)(C)CNc1c(C(=O)O)c(C)nn1C. The van der Waals surface area contributed by atoms with E-state index in [4.69, 9.17) is 0 Å². The summed E-state index contributed by atoms with van der Waals surface area (Å²) in [5.41, 5.74) is 0.964. The van der Waals surface area contributed by atoms with Gasteiger partial charge in [-0.15, -0.1) is 0 Å². The summed E-state index contributed by atoms with van der Waals surface area (Å²) >= 11 is 0. The van der Waals surface area contributed by atoms with Crippen LogP contribution in [0.1, 0.15) is 62.5 Å². The number of aromatic carboxylic acids is 1. The van der Waals surface area contributed by atoms with Crippen molar-refractivity contribution in [3.63, 3.8) is 0 Å². The molecule has 2 N–H and O–H groups in total. The summed E-state index contributed by atoms with van der Waals surface area (Å²) < 4.78 is 1.61. The monoisotopic (exact) mass is 281 g/mol. The summed E-state index contributed by atoms with van der Waals surface area (Å²) in [6.07, 6.45) is 4.80. The van der Waals surface area contributed by atoms with Gasteiger partial charge in [-0.25, -0.2) is 4.79 Å². The Bertz CT molecular complexity index is 464. The van der Waals surface area contributed by atoms with Crippen LogP contribution in [-0.4, -0.2) is 27.4 Å². The second kappa shape index (κ2) is 6.77. The Morgan fingerprint density at radius 1 is 1.40 bits per heavy atom. The van der Waals surface area contributed by atoms with E-state index in [0.29, 0.717) is 11.5 Å². The Labute approximate surface area is 121 Å². The van der Waals surface area contributed by atoms with E-state index in [1.807, 2.05) is 0 Å². The molecule has 0 aliphatic carbocycles. The van der Waals surface area contributed by atoms with Gasteiger partial charge >= 0.3 is 5.97 Å². The molecule has 1 heterocycles. The molecule has 0 aliphatic rings. The number of carboxylic acid groups (broad SMARTS) is 1. The van der Waals surface area contributed by atoms with E-state index in [1.54, 1.807) is 18.7 Å². The van der Waals surface area contributed by atoms with Crippen LogP contribution >= 0.6 is 0 Å². The fourth-order valence-corrected chi connectivity index (χ4v) is 2.38. The van der Waals surface area contributed by atoms with Crippen LogP contribution in [0.2, 0.25) is 0 Å². The molecular weight excluding hydrogens is 254 g/mol. The molecule has 114 valence electrons. The van der Waals surface area contributed by atoms with E-state index in [9.17, 15) is 9.90 Å². The quantitative estimate of drug-likeness (QED) is 0.716. The molecule has 5 heteroatoms. The molecule has 0 saturated heterocycles. The van der Waals surface area contributed by atoms with Crippen molar-refractivity contribution in [3.8, 4) is 0 Å². The van der Waals surface area contributed by atoms with Crippen LogP contribution in [0.25, 0.3) is 0 Å². The number of unbranched alkanes of at least 4 members (excludes halogenated alkanes) is 2. The summed E-state index contributed by atoms with van der Waals surface area (Å²) in [6, 6.07) is 0. The fraction of sp³-hybridized carbons (Fsp3) is 0.733. The normalized spacial score (nSPS) is 11.7. The molecular formula is C15H27N3O2. The molecule has 0 unspecified atom stereocenters. The molecule has 0 radical (unpaired) electrons. The molecule has 0 amide bonds. The maximum atomic E-state index is 11.3. The first-order chi connectivity index (χ1) is 9.28. The van der Waals surface area contributed by atoms with Crippen LogP contribution in [0.5, 0.6) is 0 Å². The van der Waals surface area contributed by atoms with Crippen molar-refractivity contribution in [2.45, 2.75) is 53.4 Å². The number of rotatable bonds is 8. The third kappa shape index (κ3) is 4.25. The lowest BCUT2D eigenvalue weighted by Gasteiger charge is -2.25. The maximum absolute atomic E-state index is 11.3. The number of carboxylic acids is 1. The van der Waals surface area contributed by atoms with Gasteiger partial charge in [-0.1, -0.05) is 40.0 Å². The number of anilines is 1. The predicted molar refractivity (Wildman–Crippen MR) is 81.3 cm³/mol. The van der Waals surface area contributed by atoms with Crippen LogP contribution < -0.4 is 5.32 Å². The highest BCUT2D eigenvalue weighted by molar-refractivity contribution is 5.94. The second-order valence-electron chi connectivity index (χ2n) is 6.21. The van der Waals surface area contributed by atoms with Crippen molar-refractivity contribution in [1.82, 2.24) is 9.78 Å². The lowest BCUT2D eigenvalue weighted by atomic mass is 9.87. The fourth-order valence-electron chi connectivity index (χ4n) is 2.38. The molecule has 0 saturated carbocycles. The summed E-state index contributed by atoms with van der Waals surface area (Å²) in [5.74, 6) is -0.333. The van der Waals surface area contributed by atoms with Gasteiger partial charge < -0.3 is 10.4 Å². The Balaban J connectivity index is 2.72. The Kier molecular flexibility index (Phi) is 5.60. The van der Waals surface area contributed by atoms with Crippen LogP contribution in [0, 0.1) is 12.3 Å². The van der Waals surface area contributed by atoms with Gasteiger partial charge in [0.2, 0.25) is 0 Å². The van der Waals surface area contributed by atoms with Crippen LogP contribution in [0.15, 0.2) is 0 Å². The van der Waals surface area contributed by atoms with E-state index >= 15 is 0 Å². The first kappa shape index (κ1) is 16.5. The van der Waals surface area contributed by atoms with Gasteiger partial charge in [0.25, 0.3) is 0 Å². The number of nitrogens with one attached hydrogen (secondary N) is 1. The van der Waals surface area contributed by atoms with Gasteiger partial charge in [0.1, 0.15) is 11.4 Å². The van der Waals surface area contributed by atoms with Gasteiger partial charge in [0, 0.05) is 13.6 Å². The highest BCUT2D eigenvalue weighted by atomic mass is 16.4. The maximum Gasteiger partial charge on any atom is 0.341 e. The van der Waals surface area contributed by atoms with Crippen LogP contribution in [-0.2, 0) is 7.05 Å². The molecule has 1 aromatic rings. The van der Waals surface area contributed by atoms with Crippen molar-refractivity contribution in [1.29, 1.82) is 0 Å². The standard InChI is InChI=1S/C15H27N3O2/c1-6-7-8-9-15(3,4)10-16-13-12(14(19)20)11(2)17-18(13)5/h16H,6-10H2,1-5H3,(H,19,20). The summed E-state index contributed by atoms with van der Waals surface area (Å²) in [5, 5.41) is 16.7. The minimum absolute atomic E-state index is 0.142. The molecule has 0 fully saturated rings. The van der Waals surface area contributed by atoms with E-state index in [-0.39, 0.29) is 11.0 Å². The van der Waals surface area contributed by atoms with E-state index in [0.717, 1.165) is 13.0 Å². The molecule has 1 rings (SSSR count). The lowest BCUT2D eigenvalue weighted by molar-refractivity contribution is 0.0697. The van der Waals surface area contributed by atoms with E-state index in [2.05, 4.69) is 31.2 Å². The minimum Gasteiger partial charge on any atom is -0.477 e. The molecule has 20 heavy (non-hydrogen) atoms. The van der Waals surface area contributed by atoms with Crippen LogP contribution in [0.4, 0.5) is 5.82 Å². The van der Waals surface area contributed by atoms with Crippen molar-refractivity contribution in [2.75, 3.05) is 11.9 Å². The number of hydrogen-bond donors (Lipinski definition) is 2. The summed E-state index contributed by atoms with van der Waals surface area (Å²) in [7, 11) is 1.77. The number of nitrogens with zero attached hydrogens (tertiary/aromatic N) is 2. The second-order valence-corrected chi connectivity index (χ2v) is 6.21. The van der Waals surface area contributed by atoms with E-state index in [1.165, 1.54) is 19.3 Å². The van der Waals surface area contributed by atoms with Gasteiger partial charge in [-0.05, 0) is 18.8 Å². The third-order valence-corrected chi connectivity index (χ3v) is 3.63. The van der Waals surface area contributed by atoms with Gasteiger partial charge in [-0.3, -0.25) is 4.68 Å². The Hall–Kier alpha value is -1.52. The highest BCUT2D eigenvalue weighted by Gasteiger charge is 2.22. The molecule has 5 nitrogen and oxygen atoms in total. The molecule has 0 aliphatic heterocycles. The van der Waals surface area contributed by atoms with Crippen molar-refractivity contribution in [3.05, 3.63) is 11.3 Å². The molecule has 0 spiro atoms. The van der Waals surface area contributed by atoms with Crippen molar-refractivity contribution < 1.29 is 9.90 Å². The van der Waals surface area contributed by atoms with Crippen molar-refractivity contribution >= 4 is 11.8 Å². The van der Waals surface area contributed by atoms with Gasteiger partial charge in [0.05, 0.1) is 5.69 Å². The average molecular weight is 281 g/mol. The highest BCUT2D eigenvalue weighted by Crippen LogP contribution is 2.26. The zero-order valence-corrected chi connectivity index (χ0v) is 13.3. The van der Waals surface area contributed by atoms with Crippen molar-refractivity contribution in [2.24, 2.45) is 12.5 Å². The largest absolute Gasteiger partial charge is 0.477 e. The molecule has 0 atom stereocenters. The summed E-state index contributed by atoms with van der Waals surface area (Å²) in [6.45, 7) is 9.08. The smallest absolute Gasteiger partial charge is 0.341 e. The molecule has 1 aromatic heterocycles. The number of aryl methyl sites for hydroxylation is 2. The minimum atomic E-state index is -0.929. The van der Waals surface area contributed by atoms with Gasteiger partial charge in [0.15, 0.2) is 0 Å².